The molecule has 1 amide bonds. The third-order valence-electron chi connectivity index (χ3n) is 3.23. The first-order valence-electron chi connectivity index (χ1n) is 6.51. The number of carbonyl (C=O) groups excluding carboxylic acids is 1. The van der Waals surface area contributed by atoms with Gasteiger partial charge in [0.25, 0.3) is 0 Å². The molecule has 1 fully saturated rings. The van der Waals surface area contributed by atoms with Crippen molar-refractivity contribution >= 4 is 11.6 Å². The molecule has 4 nitrogen and oxygen atoms in total. The summed E-state index contributed by atoms with van der Waals surface area (Å²) in [5.74, 6) is -0.566. The Morgan fingerprint density at radius 3 is 2.89 bits per heavy atom. The normalized spacial score (nSPS) is 17.8. The van der Waals surface area contributed by atoms with E-state index in [1.807, 2.05) is 11.8 Å². The average molecular weight is 266 g/mol. The van der Waals surface area contributed by atoms with E-state index in [0.717, 1.165) is 12.8 Å². The SMILES string of the molecule is CCCC1(O)CN(CC(=O)Nc2cccc(F)c2)C1. The molecule has 0 saturated carbocycles. The van der Waals surface area contributed by atoms with E-state index in [1.54, 1.807) is 12.1 Å². The minimum absolute atomic E-state index is 0.191. The molecule has 0 radical (unpaired) electrons. The van der Waals surface area contributed by atoms with E-state index < -0.39 is 5.60 Å². The third-order valence-corrected chi connectivity index (χ3v) is 3.23. The lowest BCUT2D eigenvalue weighted by atomic mass is 9.89. The summed E-state index contributed by atoms with van der Waals surface area (Å²) in [4.78, 5) is 13.6. The van der Waals surface area contributed by atoms with Gasteiger partial charge in [-0.25, -0.2) is 4.39 Å². The molecule has 2 rings (SSSR count). The fourth-order valence-corrected chi connectivity index (χ4v) is 2.49. The molecule has 1 saturated heterocycles. The molecule has 0 atom stereocenters. The third kappa shape index (κ3) is 3.75. The smallest absolute Gasteiger partial charge is 0.238 e. The van der Waals surface area contributed by atoms with Crippen molar-refractivity contribution in [2.75, 3.05) is 25.0 Å². The van der Waals surface area contributed by atoms with Crippen LogP contribution in [0.1, 0.15) is 19.8 Å². The van der Waals surface area contributed by atoms with Gasteiger partial charge in [-0.1, -0.05) is 19.4 Å². The minimum Gasteiger partial charge on any atom is -0.387 e. The van der Waals surface area contributed by atoms with Gasteiger partial charge in [-0.05, 0) is 24.6 Å². The zero-order valence-electron chi connectivity index (χ0n) is 11.0. The van der Waals surface area contributed by atoms with E-state index in [1.165, 1.54) is 12.1 Å². The molecule has 0 bridgehead atoms. The van der Waals surface area contributed by atoms with Crippen LogP contribution in [0.5, 0.6) is 0 Å². The van der Waals surface area contributed by atoms with Crippen molar-refractivity contribution in [3.8, 4) is 0 Å². The Morgan fingerprint density at radius 2 is 2.26 bits per heavy atom. The van der Waals surface area contributed by atoms with Crippen LogP contribution in [0.2, 0.25) is 0 Å². The summed E-state index contributed by atoms with van der Waals surface area (Å²) in [6, 6.07) is 5.80. The monoisotopic (exact) mass is 266 g/mol. The van der Waals surface area contributed by atoms with Crippen LogP contribution < -0.4 is 5.32 Å². The standard InChI is InChI=1S/C14H19FN2O2/c1-2-6-14(19)9-17(10-14)8-13(18)16-12-5-3-4-11(15)7-12/h3-5,7,19H,2,6,8-10H2,1H3,(H,16,18). The van der Waals surface area contributed by atoms with Crippen molar-refractivity contribution < 1.29 is 14.3 Å². The van der Waals surface area contributed by atoms with Gasteiger partial charge in [0.15, 0.2) is 0 Å². The molecule has 0 aromatic heterocycles. The number of carbonyl (C=O) groups is 1. The molecule has 0 spiro atoms. The quantitative estimate of drug-likeness (QED) is 0.851. The predicted molar refractivity (Wildman–Crippen MR) is 71.3 cm³/mol. The van der Waals surface area contributed by atoms with Crippen LogP contribution in [0.4, 0.5) is 10.1 Å². The van der Waals surface area contributed by atoms with Crippen molar-refractivity contribution in [3.05, 3.63) is 30.1 Å². The second-order valence-corrected chi connectivity index (χ2v) is 5.18. The first kappa shape index (κ1) is 14.0. The maximum Gasteiger partial charge on any atom is 0.238 e. The maximum atomic E-state index is 12.9. The Kier molecular flexibility index (Phi) is 4.17. The Morgan fingerprint density at radius 1 is 1.53 bits per heavy atom. The topological polar surface area (TPSA) is 52.6 Å². The summed E-state index contributed by atoms with van der Waals surface area (Å²) >= 11 is 0. The fourth-order valence-electron chi connectivity index (χ4n) is 2.49. The summed E-state index contributed by atoms with van der Waals surface area (Å²) in [6.07, 6.45) is 1.69. The van der Waals surface area contributed by atoms with Crippen LogP contribution in [0.15, 0.2) is 24.3 Å². The van der Waals surface area contributed by atoms with Crippen molar-refractivity contribution in [2.45, 2.75) is 25.4 Å². The predicted octanol–water partition coefficient (Wildman–Crippen LogP) is 1.61. The van der Waals surface area contributed by atoms with Gasteiger partial charge in [0.2, 0.25) is 5.91 Å². The second-order valence-electron chi connectivity index (χ2n) is 5.18. The van der Waals surface area contributed by atoms with Crippen LogP contribution in [-0.4, -0.2) is 41.1 Å². The van der Waals surface area contributed by atoms with Crippen molar-refractivity contribution in [1.29, 1.82) is 0 Å². The Balaban J connectivity index is 1.77. The van der Waals surface area contributed by atoms with Crippen molar-refractivity contribution in [2.24, 2.45) is 0 Å². The number of nitrogens with one attached hydrogen (secondary N) is 1. The summed E-state index contributed by atoms with van der Waals surface area (Å²) in [5, 5.41) is 12.6. The zero-order chi connectivity index (χ0) is 13.9. The van der Waals surface area contributed by atoms with Crippen LogP contribution in [0, 0.1) is 5.82 Å². The molecule has 104 valence electrons. The van der Waals surface area contributed by atoms with E-state index in [-0.39, 0.29) is 18.3 Å². The largest absolute Gasteiger partial charge is 0.387 e. The lowest BCUT2D eigenvalue weighted by molar-refractivity contribution is -0.129. The number of benzene rings is 1. The Bertz CT molecular complexity index is 459. The molecule has 5 heteroatoms. The fraction of sp³-hybridized carbons (Fsp3) is 0.500. The van der Waals surface area contributed by atoms with Gasteiger partial charge in [-0.3, -0.25) is 9.69 Å². The van der Waals surface area contributed by atoms with Crippen LogP contribution in [0.25, 0.3) is 0 Å². The summed E-state index contributed by atoms with van der Waals surface area (Å²) < 4.78 is 12.9. The highest BCUT2D eigenvalue weighted by Crippen LogP contribution is 2.25. The molecule has 1 aliphatic heterocycles. The maximum absolute atomic E-state index is 12.9. The number of rotatable bonds is 5. The number of halogens is 1. The van der Waals surface area contributed by atoms with Crippen LogP contribution in [0.3, 0.4) is 0 Å². The number of hydrogen-bond donors (Lipinski definition) is 2. The Hall–Kier alpha value is -1.46. The van der Waals surface area contributed by atoms with E-state index in [9.17, 15) is 14.3 Å². The summed E-state index contributed by atoms with van der Waals surface area (Å²) in [5.41, 5.74) is -0.178. The van der Waals surface area contributed by atoms with Crippen LogP contribution in [-0.2, 0) is 4.79 Å². The van der Waals surface area contributed by atoms with Gasteiger partial charge in [0, 0.05) is 18.8 Å². The number of likely N-dealkylation sites (tertiary alicyclic amines) is 1. The zero-order valence-corrected chi connectivity index (χ0v) is 11.0. The number of β-amino-alcohol motifs (C(OH)–C–C–N with tert-alkyl or cyclic N) is 1. The molecule has 1 aromatic carbocycles. The molecule has 0 unspecified atom stereocenters. The van der Waals surface area contributed by atoms with Gasteiger partial charge >= 0.3 is 0 Å². The number of aliphatic hydroxyl groups is 1. The average Bonchev–Trinajstić information content (AvgIpc) is 2.27. The molecule has 0 aliphatic carbocycles. The highest BCUT2D eigenvalue weighted by atomic mass is 19.1. The minimum atomic E-state index is -0.631. The number of hydrogen-bond acceptors (Lipinski definition) is 3. The molecule has 19 heavy (non-hydrogen) atoms. The highest BCUT2D eigenvalue weighted by Gasteiger charge is 2.40. The van der Waals surface area contributed by atoms with E-state index in [0.29, 0.717) is 18.8 Å². The first-order valence-corrected chi connectivity index (χ1v) is 6.51. The van der Waals surface area contributed by atoms with Gasteiger partial charge in [-0.2, -0.15) is 0 Å². The van der Waals surface area contributed by atoms with E-state index >= 15 is 0 Å². The molecule has 1 aliphatic rings. The molecule has 2 N–H and O–H groups in total. The summed E-state index contributed by atoms with van der Waals surface area (Å²) in [6.45, 7) is 3.30. The molecular weight excluding hydrogens is 247 g/mol. The summed E-state index contributed by atoms with van der Waals surface area (Å²) in [7, 11) is 0. The van der Waals surface area contributed by atoms with E-state index in [4.69, 9.17) is 0 Å². The number of nitrogens with zero attached hydrogens (tertiary/aromatic N) is 1. The van der Waals surface area contributed by atoms with Crippen molar-refractivity contribution in [1.82, 2.24) is 4.90 Å². The van der Waals surface area contributed by atoms with Crippen LogP contribution >= 0.6 is 0 Å². The lowest BCUT2D eigenvalue weighted by Gasteiger charge is -2.46. The lowest BCUT2D eigenvalue weighted by Crippen LogP contribution is -2.62. The van der Waals surface area contributed by atoms with Crippen molar-refractivity contribution in [3.63, 3.8) is 0 Å². The molecule has 1 heterocycles. The highest BCUT2D eigenvalue weighted by molar-refractivity contribution is 5.92. The Labute approximate surface area is 112 Å². The first-order chi connectivity index (χ1) is 9.00. The molecule has 1 aromatic rings. The second kappa shape index (κ2) is 5.67. The number of anilines is 1. The van der Waals surface area contributed by atoms with Gasteiger partial charge in [0.1, 0.15) is 5.82 Å². The van der Waals surface area contributed by atoms with Gasteiger partial charge in [0.05, 0.1) is 12.1 Å². The van der Waals surface area contributed by atoms with Gasteiger partial charge < -0.3 is 10.4 Å². The van der Waals surface area contributed by atoms with Gasteiger partial charge in [-0.15, -0.1) is 0 Å². The molecular formula is C14H19FN2O2. The number of amides is 1. The van der Waals surface area contributed by atoms with E-state index in [2.05, 4.69) is 5.32 Å².